The maximum atomic E-state index is 13.4. The standard InChI is InChI=1S/C29H34N8O5/c1-6-41-21-13-12-19(21)33-26(38)18-17-31-37-24(35(5)28(40)42-29(2,3)4)16-22(34-25(18)37)32-20-10-9-15-36(27(20)39)23-11-7-8-14-30-23/h7-11,14-17,19,21H,6,12-13H2,1-5H3,(H,32,34)(H,33,38)/t19?,21-/m1/s1. The number of ether oxygens (including phenoxy) is 2. The van der Waals surface area contributed by atoms with E-state index in [0.717, 1.165) is 12.8 Å². The molecule has 0 saturated heterocycles. The fraction of sp³-hybridized carbons (Fsp3) is 0.379. The van der Waals surface area contributed by atoms with Crippen LogP contribution in [0.1, 0.15) is 50.9 Å². The van der Waals surface area contributed by atoms with Crippen LogP contribution in [-0.2, 0) is 9.47 Å². The van der Waals surface area contributed by atoms with Crippen LogP contribution in [0.2, 0.25) is 0 Å². The lowest BCUT2D eigenvalue weighted by atomic mass is 9.89. The number of nitrogens with zero attached hydrogens (tertiary/aromatic N) is 6. The first-order valence-corrected chi connectivity index (χ1v) is 13.7. The third-order valence-corrected chi connectivity index (χ3v) is 6.72. The number of amides is 2. The lowest BCUT2D eigenvalue weighted by molar-refractivity contribution is -0.0180. The lowest BCUT2D eigenvalue weighted by Crippen LogP contribution is -2.51. The predicted molar refractivity (Wildman–Crippen MR) is 157 cm³/mol. The van der Waals surface area contributed by atoms with Gasteiger partial charge in [-0.1, -0.05) is 6.07 Å². The summed E-state index contributed by atoms with van der Waals surface area (Å²) in [6.07, 6.45) is 5.62. The van der Waals surface area contributed by atoms with Crippen LogP contribution in [0.4, 0.5) is 22.1 Å². The van der Waals surface area contributed by atoms with Crippen LogP contribution in [0.25, 0.3) is 11.5 Å². The Morgan fingerprint density at radius 2 is 1.98 bits per heavy atom. The van der Waals surface area contributed by atoms with Crippen molar-refractivity contribution in [3.05, 3.63) is 70.9 Å². The third kappa shape index (κ3) is 5.96. The zero-order valence-corrected chi connectivity index (χ0v) is 24.2. The number of aromatic nitrogens is 5. The first-order chi connectivity index (χ1) is 20.1. The van der Waals surface area contributed by atoms with Gasteiger partial charge < -0.3 is 20.1 Å². The Kier molecular flexibility index (Phi) is 7.94. The van der Waals surface area contributed by atoms with E-state index in [-0.39, 0.29) is 52.1 Å². The van der Waals surface area contributed by atoms with E-state index in [0.29, 0.717) is 12.4 Å². The van der Waals surface area contributed by atoms with E-state index >= 15 is 0 Å². The first-order valence-electron chi connectivity index (χ1n) is 13.7. The molecule has 0 bridgehead atoms. The Bertz CT molecular complexity index is 1660. The zero-order chi connectivity index (χ0) is 30.0. The molecule has 2 atom stereocenters. The van der Waals surface area contributed by atoms with Crippen LogP contribution in [0.15, 0.2) is 59.8 Å². The summed E-state index contributed by atoms with van der Waals surface area (Å²) in [5.74, 6) is 0.574. The smallest absolute Gasteiger partial charge is 0.415 e. The van der Waals surface area contributed by atoms with Crippen LogP contribution in [-0.4, -0.2) is 67.6 Å². The molecular weight excluding hydrogens is 540 g/mol. The fourth-order valence-electron chi connectivity index (χ4n) is 4.53. The minimum Gasteiger partial charge on any atom is -0.443 e. The van der Waals surface area contributed by atoms with Gasteiger partial charge in [0.05, 0.1) is 18.3 Å². The van der Waals surface area contributed by atoms with Crippen molar-refractivity contribution in [2.75, 3.05) is 23.9 Å². The molecule has 220 valence electrons. The van der Waals surface area contributed by atoms with E-state index < -0.39 is 11.7 Å². The highest BCUT2D eigenvalue weighted by Gasteiger charge is 2.34. The second-order valence-electron chi connectivity index (χ2n) is 10.9. The van der Waals surface area contributed by atoms with Gasteiger partial charge in [-0.15, -0.1) is 0 Å². The van der Waals surface area contributed by atoms with Gasteiger partial charge >= 0.3 is 6.09 Å². The van der Waals surface area contributed by atoms with Crippen molar-refractivity contribution in [1.29, 1.82) is 0 Å². The topological polar surface area (TPSA) is 145 Å². The molecule has 0 spiro atoms. The van der Waals surface area contributed by atoms with Gasteiger partial charge in [-0.2, -0.15) is 9.61 Å². The summed E-state index contributed by atoms with van der Waals surface area (Å²) < 4.78 is 14.0. The quantitative estimate of drug-likeness (QED) is 0.322. The number of carbonyl (C=O) groups is 2. The normalized spacial score (nSPS) is 16.5. The summed E-state index contributed by atoms with van der Waals surface area (Å²) in [6.45, 7) is 7.78. The van der Waals surface area contributed by atoms with E-state index in [1.54, 1.807) is 69.6 Å². The molecule has 1 unspecified atom stereocenters. The van der Waals surface area contributed by atoms with Crippen molar-refractivity contribution in [3.8, 4) is 5.82 Å². The number of pyridine rings is 2. The van der Waals surface area contributed by atoms with E-state index in [4.69, 9.17) is 9.47 Å². The molecule has 1 aliphatic rings. The Labute approximate surface area is 242 Å². The molecule has 0 radical (unpaired) electrons. The Morgan fingerprint density at radius 3 is 2.64 bits per heavy atom. The third-order valence-electron chi connectivity index (χ3n) is 6.72. The molecule has 0 aromatic carbocycles. The molecule has 1 saturated carbocycles. The molecular formula is C29H34N8O5. The number of fused-ring (bicyclic) bond motifs is 1. The monoisotopic (exact) mass is 574 g/mol. The van der Waals surface area contributed by atoms with Crippen molar-refractivity contribution in [2.45, 2.75) is 58.3 Å². The van der Waals surface area contributed by atoms with Crippen LogP contribution < -0.4 is 21.1 Å². The van der Waals surface area contributed by atoms with E-state index in [1.807, 2.05) is 6.92 Å². The van der Waals surface area contributed by atoms with Gasteiger partial charge in [-0.25, -0.2) is 14.8 Å². The van der Waals surface area contributed by atoms with Crippen molar-refractivity contribution >= 4 is 35.0 Å². The largest absolute Gasteiger partial charge is 0.443 e. The van der Waals surface area contributed by atoms with Crippen LogP contribution in [0.5, 0.6) is 0 Å². The highest BCUT2D eigenvalue weighted by Crippen LogP contribution is 2.27. The van der Waals surface area contributed by atoms with E-state index in [9.17, 15) is 14.4 Å². The zero-order valence-electron chi connectivity index (χ0n) is 24.2. The SMILES string of the molecule is CCO[C@@H]1CCC1NC(=O)c1cnn2c(N(C)C(=O)OC(C)(C)C)cc(Nc3cccn(-c4ccccn4)c3=O)nc12. The average Bonchev–Trinajstić information content (AvgIpc) is 3.38. The Balaban J connectivity index is 1.54. The fourth-order valence-corrected chi connectivity index (χ4v) is 4.53. The van der Waals surface area contributed by atoms with E-state index in [1.165, 1.54) is 27.2 Å². The van der Waals surface area contributed by atoms with Crippen molar-refractivity contribution < 1.29 is 19.1 Å². The van der Waals surface area contributed by atoms with Gasteiger partial charge in [0.2, 0.25) is 0 Å². The second-order valence-corrected chi connectivity index (χ2v) is 10.9. The summed E-state index contributed by atoms with van der Waals surface area (Å²) in [4.78, 5) is 49.9. The van der Waals surface area contributed by atoms with Crippen LogP contribution in [0, 0.1) is 0 Å². The maximum Gasteiger partial charge on any atom is 0.415 e. The van der Waals surface area contributed by atoms with Crippen molar-refractivity contribution in [1.82, 2.24) is 29.5 Å². The number of carbonyl (C=O) groups excluding carboxylic acids is 2. The van der Waals surface area contributed by atoms with Crippen molar-refractivity contribution in [2.24, 2.45) is 0 Å². The average molecular weight is 575 g/mol. The highest BCUT2D eigenvalue weighted by molar-refractivity contribution is 6.00. The summed E-state index contributed by atoms with van der Waals surface area (Å²) in [7, 11) is 1.53. The maximum absolute atomic E-state index is 13.4. The molecule has 13 heteroatoms. The molecule has 1 fully saturated rings. The Hall–Kier alpha value is -4.78. The first kappa shape index (κ1) is 28.7. The van der Waals surface area contributed by atoms with Crippen molar-refractivity contribution in [3.63, 3.8) is 0 Å². The summed E-state index contributed by atoms with van der Waals surface area (Å²) in [5, 5.41) is 10.4. The molecule has 42 heavy (non-hydrogen) atoms. The number of nitrogens with one attached hydrogen (secondary N) is 2. The van der Waals surface area contributed by atoms with Gasteiger partial charge in [0.1, 0.15) is 34.3 Å². The molecule has 13 nitrogen and oxygen atoms in total. The molecule has 4 aromatic heterocycles. The molecule has 2 amide bonds. The van der Waals surface area contributed by atoms with Gasteiger partial charge in [0.25, 0.3) is 11.5 Å². The predicted octanol–water partition coefficient (Wildman–Crippen LogP) is 3.69. The Morgan fingerprint density at radius 1 is 1.17 bits per heavy atom. The molecule has 2 N–H and O–H groups in total. The molecule has 4 heterocycles. The molecule has 1 aliphatic carbocycles. The highest BCUT2D eigenvalue weighted by atomic mass is 16.6. The number of hydrogen-bond acceptors (Lipinski definition) is 9. The van der Waals surface area contributed by atoms with Gasteiger partial charge in [0.15, 0.2) is 5.65 Å². The van der Waals surface area contributed by atoms with Gasteiger partial charge in [0, 0.05) is 32.1 Å². The van der Waals surface area contributed by atoms with Gasteiger partial charge in [-0.05, 0) is 64.8 Å². The minimum absolute atomic E-state index is 0.0424. The summed E-state index contributed by atoms with van der Waals surface area (Å²) in [5.41, 5.74) is -0.493. The molecule has 4 aromatic rings. The number of hydrogen-bond donors (Lipinski definition) is 2. The van der Waals surface area contributed by atoms with Crippen LogP contribution >= 0.6 is 0 Å². The lowest BCUT2D eigenvalue weighted by Gasteiger charge is -2.36. The molecule has 5 rings (SSSR count). The van der Waals surface area contributed by atoms with E-state index in [2.05, 4.69) is 25.7 Å². The number of rotatable bonds is 8. The van der Waals surface area contributed by atoms with Crippen LogP contribution in [0.3, 0.4) is 0 Å². The molecule has 0 aliphatic heterocycles. The summed E-state index contributed by atoms with van der Waals surface area (Å²) >= 11 is 0. The minimum atomic E-state index is -0.742. The summed E-state index contributed by atoms with van der Waals surface area (Å²) in [6, 6.07) is 10.0. The number of anilines is 3. The second kappa shape index (κ2) is 11.6. The van der Waals surface area contributed by atoms with Gasteiger partial charge in [-0.3, -0.25) is 19.1 Å².